The van der Waals surface area contributed by atoms with Gasteiger partial charge in [-0.2, -0.15) is 0 Å². The summed E-state index contributed by atoms with van der Waals surface area (Å²) in [6, 6.07) is 24.7. The van der Waals surface area contributed by atoms with Crippen LogP contribution in [0.4, 0.5) is 5.69 Å². The Morgan fingerprint density at radius 3 is 2.44 bits per heavy atom. The molecule has 0 unspecified atom stereocenters. The van der Waals surface area contributed by atoms with Crippen LogP contribution in [0.3, 0.4) is 0 Å². The number of aryl methyl sites for hydroxylation is 1. The summed E-state index contributed by atoms with van der Waals surface area (Å²) in [5.74, 6) is -0.0249. The highest BCUT2D eigenvalue weighted by atomic mass is 32.2. The molecule has 0 fully saturated rings. The molecular formula is C27H24N4O3S2. The average molecular weight is 517 g/mol. The van der Waals surface area contributed by atoms with Gasteiger partial charge in [0.1, 0.15) is 4.90 Å². The Kier molecular flexibility index (Phi) is 6.75. The van der Waals surface area contributed by atoms with Crippen LogP contribution >= 0.6 is 11.8 Å². The highest BCUT2D eigenvalue weighted by molar-refractivity contribution is 7.99. The smallest absolute Gasteiger partial charge is 0.268 e. The van der Waals surface area contributed by atoms with E-state index in [1.54, 1.807) is 6.07 Å². The van der Waals surface area contributed by atoms with Crippen LogP contribution < -0.4 is 9.62 Å². The maximum absolute atomic E-state index is 13.6. The number of para-hydroxylation sites is 1. The molecule has 0 radical (unpaired) electrons. The van der Waals surface area contributed by atoms with Crippen LogP contribution in [0.2, 0.25) is 0 Å². The fourth-order valence-electron chi connectivity index (χ4n) is 3.95. The second-order valence-corrected chi connectivity index (χ2v) is 11.2. The number of sulfonamides is 1. The quantitative estimate of drug-likeness (QED) is 0.286. The van der Waals surface area contributed by atoms with E-state index in [2.05, 4.69) is 15.3 Å². The van der Waals surface area contributed by atoms with Crippen LogP contribution in [0, 0.1) is 6.92 Å². The Morgan fingerprint density at radius 1 is 0.944 bits per heavy atom. The minimum absolute atomic E-state index is 0.0605. The standard InChI is InChI=1S/C27H24N4O3S2/c1-19-11-13-20(14-12-19)15-28-25(32)18-35-27-29-16-24-26(30-27)22-9-5-6-10-23(22)31(36(24,33)34)17-21-7-3-2-4-8-21/h2-14,16H,15,17-18H2,1H3,(H,28,32). The van der Waals surface area contributed by atoms with Crippen LogP contribution in [0.1, 0.15) is 16.7 Å². The number of benzene rings is 3. The lowest BCUT2D eigenvalue weighted by Gasteiger charge is -2.31. The molecule has 0 aliphatic carbocycles. The van der Waals surface area contributed by atoms with Crippen molar-refractivity contribution < 1.29 is 13.2 Å². The number of rotatable bonds is 7. The third-order valence-corrected chi connectivity index (χ3v) is 8.46. The molecule has 2 heterocycles. The van der Waals surface area contributed by atoms with Gasteiger partial charge in [-0.15, -0.1) is 0 Å². The fourth-order valence-corrected chi connectivity index (χ4v) is 6.16. The maximum atomic E-state index is 13.6. The highest BCUT2D eigenvalue weighted by Gasteiger charge is 2.36. The Balaban J connectivity index is 1.35. The molecule has 182 valence electrons. The fraction of sp³-hybridized carbons (Fsp3) is 0.148. The van der Waals surface area contributed by atoms with Crippen molar-refractivity contribution in [2.24, 2.45) is 0 Å². The largest absolute Gasteiger partial charge is 0.351 e. The van der Waals surface area contributed by atoms with Crippen molar-refractivity contribution in [1.29, 1.82) is 0 Å². The molecule has 0 bridgehead atoms. The number of nitrogens with one attached hydrogen (secondary N) is 1. The van der Waals surface area contributed by atoms with E-state index in [4.69, 9.17) is 0 Å². The molecule has 1 amide bonds. The molecule has 1 aliphatic heterocycles. The molecule has 4 aromatic rings. The van der Waals surface area contributed by atoms with Gasteiger partial charge in [-0.1, -0.05) is 90.1 Å². The number of hydrogen-bond acceptors (Lipinski definition) is 6. The minimum atomic E-state index is -3.87. The van der Waals surface area contributed by atoms with Gasteiger partial charge in [0, 0.05) is 12.1 Å². The van der Waals surface area contributed by atoms with Gasteiger partial charge >= 0.3 is 0 Å². The molecule has 7 nitrogen and oxygen atoms in total. The Hall–Kier alpha value is -3.69. The number of anilines is 1. The summed E-state index contributed by atoms with van der Waals surface area (Å²) >= 11 is 1.17. The summed E-state index contributed by atoms with van der Waals surface area (Å²) in [6.07, 6.45) is 1.35. The number of carbonyl (C=O) groups is 1. The van der Waals surface area contributed by atoms with Gasteiger partial charge in [0.25, 0.3) is 10.0 Å². The zero-order valence-electron chi connectivity index (χ0n) is 19.6. The number of hydrogen-bond donors (Lipinski definition) is 1. The predicted octanol–water partition coefficient (Wildman–Crippen LogP) is 4.57. The van der Waals surface area contributed by atoms with Crippen LogP contribution in [0.5, 0.6) is 0 Å². The van der Waals surface area contributed by atoms with Gasteiger partial charge in [0.15, 0.2) is 5.16 Å². The predicted molar refractivity (Wildman–Crippen MR) is 141 cm³/mol. The lowest BCUT2D eigenvalue weighted by molar-refractivity contribution is -0.118. The van der Waals surface area contributed by atoms with E-state index >= 15 is 0 Å². The summed E-state index contributed by atoms with van der Waals surface area (Å²) in [5.41, 5.74) is 4.70. The first kappa shape index (κ1) is 24.0. The molecule has 1 N–H and O–H groups in total. The van der Waals surface area contributed by atoms with E-state index < -0.39 is 10.0 Å². The molecule has 5 rings (SSSR count). The SMILES string of the molecule is Cc1ccc(CNC(=O)CSc2ncc3c(n2)-c2ccccc2N(Cc2ccccc2)S3(=O)=O)cc1. The van der Waals surface area contributed by atoms with Gasteiger partial charge in [-0.05, 0) is 24.1 Å². The number of fused-ring (bicyclic) bond motifs is 3. The summed E-state index contributed by atoms with van der Waals surface area (Å²) in [4.78, 5) is 21.3. The van der Waals surface area contributed by atoms with E-state index in [9.17, 15) is 13.2 Å². The number of thioether (sulfide) groups is 1. The van der Waals surface area contributed by atoms with Crippen LogP contribution in [-0.4, -0.2) is 30.0 Å². The van der Waals surface area contributed by atoms with Crippen molar-refractivity contribution >= 4 is 33.4 Å². The zero-order valence-corrected chi connectivity index (χ0v) is 21.2. The van der Waals surface area contributed by atoms with Crippen molar-refractivity contribution in [3.05, 3.63) is 102 Å². The lowest BCUT2D eigenvalue weighted by atomic mass is 10.1. The van der Waals surface area contributed by atoms with Crippen molar-refractivity contribution in [1.82, 2.24) is 15.3 Å². The van der Waals surface area contributed by atoms with Crippen molar-refractivity contribution in [3.63, 3.8) is 0 Å². The van der Waals surface area contributed by atoms with E-state index in [-0.39, 0.29) is 23.1 Å². The second-order valence-electron chi connectivity index (χ2n) is 8.43. The molecule has 3 aromatic carbocycles. The van der Waals surface area contributed by atoms with Crippen LogP contribution in [-0.2, 0) is 27.9 Å². The Labute approximate surface area is 214 Å². The van der Waals surface area contributed by atoms with Crippen molar-refractivity contribution in [3.8, 4) is 11.3 Å². The molecule has 0 spiro atoms. The Morgan fingerprint density at radius 2 is 1.67 bits per heavy atom. The normalized spacial score (nSPS) is 13.5. The number of amides is 1. The minimum Gasteiger partial charge on any atom is -0.351 e. The molecule has 36 heavy (non-hydrogen) atoms. The third-order valence-electron chi connectivity index (χ3n) is 5.84. The molecule has 0 saturated heterocycles. The molecule has 0 atom stereocenters. The van der Waals surface area contributed by atoms with Crippen LogP contribution in [0.15, 0.2) is 95.1 Å². The monoisotopic (exact) mass is 516 g/mol. The lowest BCUT2D eigenvalue weighted by Crippen LogP contribution is -2.34. The average Bonchev–Trinajstić information content (AvgIpc) is 2.90. The molecule has 0 saturated carbocycles. The first-order valence-electron chi connectivity index (χ1n) is 11.4. The van der Waals surface area contributed by atoms with E-state index in [1.165, 1.54) is 22.3 Å². The second kappa shape index (κ2) is 10.1. The van der Waals surface area contributed by atoms with Crippen molar-refractivity contribution in [2.75, 3.05) is 10.1 Å². The maximum Gasteiger partial charge on any atom is 0.268 e. The summed E-state index contributed by atoms with van der Waals surface area (Å²) in [7, 11) is -3.87. The topological polar surface area (TPSA) is 92.3 Å². The molecule has 9 heteroatoms. The molecule has 1 aromatic heterocycles. The zero-order chi connectivity index (χ0) is 25.1. The van der Waals surface area contributed by atoms with Gasteiger partial charge in [-0.25, -0.2) is 18.4 Å². The molecular weight excluding hydrogens is 492 g/mol. The van der Waals surface area contributed by atoms with E-state index in [0.29, 0.717) is 28.6 Å². The third kappa shape index (κ3) is 4.98. The summed E-state index contributed by atoms with van der Waals surface area (Å²) in [5, 5.41) is 3.24. The van der Waals surface area contributed by atoms with Gasteiger partial charge in [-0.3, -0.25) is 9.10 Å². The van der Waals surface area contributed by atoms with Gasteiger partial charge < -0.3 is 5.32 Å². The van der Waals surface area contributed by atoms with Gasteiger partial charge in [0.2, 0.25) is 5.91 Å². The van der Waals surface area contributed by atoms with Gasteiger partial charge in [0.05, 0.1) is 29.9 Å². The molecule has 1 aliphatic rings. The van der Waals surface area contributed by atoms with E-state index in [1.807, 2.05) is 79.7 Å². The van der Waals surface area contributed by atoms with Crippen LogP contribution in [0.25, 0.3) is 11.3 Å². The van der Waals surface area contributed by atoms with Crippen molar-refractivity contribution in [2.45, 2.75) is 30.1 Å². The Bertz CT molecular complexity index is 1510. The number of nitrogens with zero attached hydrogens (tertiary/aromatic N) is 3. The van der Waals surface area contributed by atoms with E-state index in [0.717, 1.165) is 16.7 Å². The number of aromatic nitrogens is 2. The number of carbonyl (C=O) groups excluding carboxylic acids is 1. The first-order chi connectivity index (χ1) is 17.4. The highest BCUT2D eigenvalue weighted by Crippen LogP contribution is 2.42. The first-order valence-corrected chi connectivity index (χ1v) is 13.8. The summed E-state index contributed by atoms with van der Waals surface area (Å²) < 4.78 is 28.5. The summed E-state index contributed by atoms with van der Waals surface area (Å²) in [6.45, 7) is 2.66.